The third kappa shape index (κ3) is 4.66. The zero-order chi connectivity index (χ0) is 16.1. The van der Waals surface area contributed by atoms with Crippen molar-refractivity contribution in [2.75, 3.05) is 18.4 Å². The third-order valence-electron chi connectivity index (χ3n) is 4.10. The molecule has 6 heteroatoms. The number of carbonyl (C=O) groups is 1. The van der Waals surface area contributed by atoms with E-state index in [2.05, 4.69) is 29.4 Å². The van der Waals surface area contributed by atoms with E-state index in [4.69, 9.17) is 0 Å². The van der Waals surface area contributed by atoms with Crippen molar-refractivity contribution in [3.8, 4) is 0 Å². The Morgan fingerprint density at radius 1 is 1.32 bits per heavy atom. The van der Waals surface area contributed by atoms with Crippen LogP contribution in [0.25, 0.3) is 0 Å². The van der Waals surface area contributed by atoms with Crippen molar-refractivity contribution < 1.29 is 13.6 Å². The number of hydrogen-bond acceptors (Lipinski definition) is 2. The van der Waals surface area contributed by atoms with Gasteiger partial charge in [-0.05, 0) is 45.4 Å². The average Bonchev–Trinajstić information content (AvgIpc) is 2.44. The topological polar surface area (TPSA) is 44.4 Å². The van der Waals surface area contributed by atoms with Gasteiger partial charge in [-0.15, -0.1) is 0 Å². The summed E-state index contributed by atoms with van der Waals surface area (Å²) in [6.07, 6.45) is 3.62. The van der Waals surface area contributed by atoms with Crippen LogP contribution >= 0.6 is 0 Å². The first-order valence-electron chi connectivity index (χ1n) is 7.72. The predicted octanol–water partition coefficient (Wildman–Crippen LogP) is 3.35. The van der Waals surface area contributed by atoms with Crippen LogP contribution < -0.4 is 10.6 Å². The van der Waals surface area contributed by atoms with Crippen LogP contribution in [0.4, 0.5) is 19.3 Å². The molecule has 2 rings (SSSR count). The number of rotatable bonds is 4. The maximum Gasteiger partial charge on any atom is 0.319 e. The maximum absolute atomic E-state index is 13.1. The number of carbonyl (C=O) groups excluding carboxylic acids is 1. The van der Waals surface area contributed by atoms with E-state index in [-0.39, 0.29) is 11.7 Å². The van der Waals surface area contributed by atoms with E-state index < -0.39 is 17.7 Å². The molecule has 4 nitrogen and oxygen atoms in total. The number of urea groups is 1. The first-order valence-corrected chi connectivity index (χ1v) is 7.72. The van der Waals surface area contributed by atoms with E-state index >= 15 is 0 Å². The second kappa shape index (κ2) is 7.54. The Morgan fingerprint density at radius 3 is 2.64 bits per heavy atom. The summed E-state index contributed by atoms with van der Waals surface area (Å²) in [6, 6.07) is 3.22. The van der Waals surface area contributed by atoms with Crippen LogP contribution in [-0.4, -0.2) is 36.1 Å². The number of nitrogens with zero attached hydrogens (tertiary/aromatic N) is 1. The molecule has 0 spiro atoms. The number of halogens is 2. The zero-order valence-electron chi connectivity index (χ0n) is 13.0. The molecule has 1 saturated heterocycles. The Balaban J connectivity index is 1.81. The lowest BCUT2D eigenvalue weighted by atomic mass is 10.0. The van der Waals surface area contributed by atoms with E-state index in [9.17, 15) is 13.6 Å². The van der Waals surface area contributed by atoms with Gasteiger partial charge in [0.1, 0.15) is 11.6 Å². The lowest BCUT2D eigenvalue weighted by Gasteiger charge is -2.38. The summed E-state index contributed by atoms with van der Waals surface area (Å²) in [5, 5.41) is 5.20. The van der Waals surface area contributed by atoms with Crippen molar-refractivity contribution in [2.24, 2.45) is 0 Å². The molecule has 122 valence electrons. The first kappa shape index (κ1) is 16.7. The van der Waals surface area contributed by atoms with Gasteiger partial charge in [-0.2, -0.15) is 0 Å². The van der Waals surface area contributed by atoms with Crippen LogP contribution in [0.15, 0.2) is 18.2 Å². The molecule has 2 amide bonds. The number of anilines is 1. The third-order valence-corrected chi connectivity index (χ3v) is 4.10. The molecule has 0 aromatic heterocycles. The van der Waals surface area contributed by atoms with Gasteiger partial charge >= 0.3 is 6.03 Å². The molecule has 1 aliphatic heterocycles. The fraction of sp³-hybridized carbons (Fsp3) is 0.562. The zero-order valence-corrected chi connectivity index (χ0v) is 13.0. The van der Waals surface area contributed by atoms with Crippen molar-refractivity contribution in [3.63, 3.8) is 0 Å². The molecule has 2 unspecified atom stereocenters. The Kier molecular flexibility index (Phi) is 5.71. The summed E-state index contributed by atoms with van der Waals surface area (Å²) >= 11 is 0. The maximum atomic E-state index is 13.1. The monoisotopic (exact) mass is 311 g/mol. The highest BCUT2D eigenvalue weighted by atomic mass is 19.1. The highest BCUT2D eigenvalue weighted by Crippen LogP contribution is 2.18. The molecule has 1 aliphatic rings. The molecule has 1 fully saturated rings. The van der Waals surface area contributed by atoms with Crippen molar-refractivity contribution >= 4 is 11.7 Å². The molecule has 1 aromatic rings. The van der Waals surface area contributed by atoms with Crippen LogP contribution in [0.5, 0.6) is 0 Å². The van der Waals surface area contributed by atoms with Gasteiger partial charge in [0, 0.05) is 30.4 Å². The van der Waals surface area contributed by atoms with Gasteiger partial charge in [-0.3, -0.25) is 4.90 Å². The number of amides is 2. The lowest BCUT2D eigenvalue weighted by molar-refractivity contribution is 0.114. The molecule has 22 heavy (non-hydrogen) atoms. The van der Waals surface area contributed by atoms with E-state index in [0.717, 1.165) is 24.7 Å². The summed E-state index contributed by atoms with van der Waals surface area (Å²) in [7, 11) is 0. The summed E-state index contributed by atoms with van der Waals surface area (Å²) in [5.41, 5.74) is 0.106. The van der Waals surface area contributed by atoms with Crippen molar-refractivity contribution in [1.82, 2.24) is 10.2 Å². The second-order valence-electron chi connectivity index (χ2n) is 5.92. The summed E-state index contributed by atoms with van der Waals surface area (Å²) < 4.78 is 26.1. The van der Waals surface area contributed by atoms with Crippen molar-refractivity contribution in [1.29, 1.82) is 0 Å². The van der Waals surface area contributed by atoms with E-state index in [0.29, 0.717) is 12.6 Å². The largest absolute Gasteiger partial charge is 0.336 e. The number of nitrogens with one attached hydrogen (secondary N) is 2. The van der Waals surface area contributed by atoms with Gasteiger partial charge in [-0.25, -0.2) is 13.6 Å². The van der Waals surface area contributed by atoms with Gasteiger partial charge in [0.2, 0.25) is 0 Å². The number of hydrogen-bond donors (Lipinski definition) is 2. The number of likely N-dealkylation sites (tertiary alicyclic amines) is 1. The smallest absolute Gasteiger partial charge is 0.319 e. The fourth-order valence-electron chi connectivity index (χ4n) is 2.93. The molecule has 0 saturated carbocycles. The van der Waals surface area contributed by atoms with E-state index in [1.807, 2.05) is 0 Å². The highest BCUT2D eigenvalue weighted by molar-refractivity contribution is 5.89. The normalized spacial score (nSPS) is 20.5. The van der Waals surface area contributed by atoms with Gasteiger partial charge < -0.3 is 10.6 Å². The van der Waals surface area contributed by atoms with Gasteiger partial charge in [0.25, 0.3) is 0 Å². The molecular formula is C16H23F2N3O. The molecule has 0 aliphatic carbocycles. The minimum Gasteiger partial charge on any atom is -0.336 e. The minimum absolute atomic E-state index is 0.106. The summed E-state index contributed by atoms with van der Waals surface area (Å²) in [6.45, 7) is 5.81. The van der Waals surface area contributed by atoms with Crippen molar-refractivity contribution in [3.05, 3.63) is 29.8 Å². The second-order valence-corrected chi connectivity index (χ2v) is 5.92. The molecule has 1 heterocycles. The molecular weight excluding hydrogens is 288 g/mol. The van der Waals surface area contributed by atoms with Crippen LogP contribution in [0, 0.1) is 11.6 Å². The van der Waals surface area contributed by atoms with Crippen molar-refractivity contribution in [2.45, 2.75) is 45.2 Å². The predicted molar refractivity (Wildman–Crippen MR) is 82.9 cm³/mol. The SMILES string of the molecule is CC1CCCCN1C(C)CNC(=O)Nc1cc(F)cc(F)c1. The molecule has 2 atom stereocenters. The molecule has 2 N–H and O–H groups in total. The summed E-state index contributed by atoms with van der Waals surface area (Å²) in [4.78, 5) is 14.2. The van der Waals surface area contributed by atoms with Crippen LogP contribution in [-0.2, 0) is 0 Å². The Bertz CT molecular complexity index is 504. The Morgan fingerprint density at radius 2 is 2.00 bits per heavy atom. The van der Waals surface area contributed by atoms with E-state index in [1.165, 1.54) is 19.3 Å². The summed E-state index contributed by atoms with van der Waals surface area (Å²) in [5.74, 6) is -1.43. The average molecular weight is 311 g/mol. The lowest BCUT2D eigenvalue weighted by Crippen LogP contribution is -2.49. The fourth-order valence-corrected chi connectivity index (χ4v) is 2.93. The molecule has 1 aromatic carbocycles. The van der Waals surface area contributed by atoms with E-state index in [1.54, 1.807) is 0 Å². The quantitative estimate of drug-likeness (QED) is 0.895. The number of piperidine rings is 1. The van der Waals surface area contributed by atoms with Crippen LogP contribution in [0.1, 0.15) is 33.1 Å². The first-order chi connectivity index (χ1) is 10.5. The van der Waals surface area contributed by atoms with Gasteiger partial charge in [-0.1, -0.05) is 6.42 Å². The molecule has 0 bridgehead atoms. The van der Waals surface area contributed by atoms with Gasteiger partial charge in [0.15, 0.2) is 0 Å². The Hall–Kier alpha value is -1.69. The Labute approximate surface area is 129 Å². The van der Waals surface area contributed by atoms with Crippen LogP contribution in [0.2, 0.25) is 0 Å². The standard InChI is InChI=1S/C16H23F2N3O/c1-11-5-3-4-6-21(11)12(2)10-19-16(22)20-15-8-13(17)7-14(18)9-15/h7-9,11-12H,3-6,10H2,1-2H3,(H2,19,20,22). The highest BCUT2D eigenvalue weighted by Gasteiger charge is 2.23. The molecule has 0 radical (unpaired) electrons. The minimum atomic E-state index is -0.717. The van der Waals surface area contributed by atoms with Gasteiger partial charge in [0.05, 0.1) is 0 Å². The van der Waals surface area contributed by atoms with Crippen LogP contribution in [0.3, 0.4) is 0 Å². The number of benzene rings is 1.